The molecule has 0 spiro atoms. The number of benzene rings is 2. The molecule has 4 aromatic rings. The Bertz CT molecular complexity index is 1180. The Morgan fingerprint density at radius 3 is 2.73 bits per heavy atom. The van der Waals surface area contributed by atoms with E-state index in [1.807, 2.05) is 24.3 Å². The van der Waals surface area contributed by atoms with Gasteiger partial charge in [0.15, 0.2) is 5.82 Å². The van der Waals surface area contributed by atoms with Crippen LogP contribution in [0.25, 0.3) is 22.4 Å². The topological polar surface area (TPSA) is 129 Å². The van der Waals surface area contributed by atoms with Gasteiger partial charge in [0.25, 0.3) is 0 Å². The summed E-state index contributed by atoms with van der Waals surface area (Å²) in [7, 11) is 0.143. The van der Waals surface area contributed by atoms with Crippen LogP contribution in [0.1, 0.15) is 17.0 Å². The average Bonchev–Trinajstić information content (AvgIpc) is 3.17. The number of hydrogen-bond acceptors (Lipinski definition) is 8. The molecule has 2 heterocycles. The third kappa shape index (κ3) is 4.15. The number of nitrogens with one attached hydrogen (secondary N) is 2. The molecule has 0 amide bonds. The highest BCUT2D eigenvalue weighted by Gasteiger charge is 2.15. The number of H-pyrrole nitrogens is 1. The summed E-state index contributed by atoms with van der Waals surface area (Å²) in [4.78, 5) is 13.4. The van der Waals surface area contributed by atoms with Crippen molar-refractivity contribution in [1.29, 1.82) is 0 Å². The van der Waals surface area contributed by atoms with Crippen LogP contribution >= 0.6 is 0 Å². The van der Waals surface area contributed by atoms with E-state index in [2.05, 4.69) is 30.5 Å². The first-order valence-electron chi connectivity index (χ1n) is 9.42. The van der Waals surface area contributed by atoms with Crippen LogP contribution in [0.4, 0.5) is 5.95 Å². The number of hydrogen-bond donors (Lipinski definition) is 4. The third-order valence-electron chi connectivity index (χ3n) is 4.64. The molecule has 0 bridgehead atoms. The number of nitrogens with zero attached hydrogens (tertiary/aromatic N) is 4. The van der Waals surface area contributed by atoms with E-state index in [0.29, 0.717) is 41.9 Å². The minimum atomic E-state index is -1.51. The van der Waals surface area contributed by atoms with Gasteiger partial charge in [-0.15, -0.1) is 0 Å². The molecule has 0 unspecified atom stereocenters. The minimum Gasteiger partial charge on any atom is -0.423 e. The van der Waals surface area contributed by atoms with Gasteiger partial charge in [-0.05, 0) is 17.9 Å². The van der Waals surface area contributed by atoms with E-state index in [9.17, 15) is 10.0 Å². The van der Waals surface area contributed by atoms with E-state index in [-0.39, 0.29) is 0 Å². The monoisotopic (exact) mass is 404 g/mol. The number of para-hydroxylation sites is 1. The van der Waals surface area contributed by atoms with Crippen molar-refractivity contribution in [2.75, 3.05) is 12.4 Å². The van der Waals surface area contributed by atoms with E-state index in [0.717, 1.165) is 22.0 Å². The number of aryl methyl sites for hydroxylation is 1. The maximum absolute atomic E-state index is 9.34. The second-order valence-corrected chi connectivity index (χ2v) is 6.85. The largest absolute Gasteiger partial charge is 0.488 e. The van der Waals surface area contributed by atoms with Crippen LogP contribution in [0, 0.1) is 6.92 Å². The van der Waals surface area contributed by atoms with E-state index in [1.165, 1.54) is 0 Å². The van der Waals surface area contributed by atoms with Gasteiger partial charge < -0.3 is 20.1 Å². The van der Waals surface area contributed by atoms with Crippen molar-refractivity contribution in [2.24, 2.45) is 0 Å². The highest BCUT2D eigenvalue weighted by Crippen LogP contribution is 2.26. The van der Waals surface area contributed by atoms with Crippen LogP contribution in [0.3, 0.4) is 0 Å². The Kier molecular flexibility index (Phi) is 5.71. The molecule has 0 aliphatic heterocycles. The van der Waals surface area contributed by atoms with Crippen molar-refractivity contribution in [3.05, 3.63) is 59.4 Å². The SMILES string of the molecule is COCc1cccc2c(-c3nc(C)nc(NCc4cccc(B(O)O)c4)n3)[nH]nc12. The van der Waals surface area contributed by atoms with Crippen molar-refractivity contribution in [3.63, 3.8) is 0 Å². The lowest BCUT2D eigenvalue weighted by Gasteiger charge is -2.08. The molecule has 2 aromatic carbocycles. The van der Waals surface area contributed by atoms with E-state index >= 15 is 0 Å². The maximum Gasteiger partial charge on any atom is 0.488 e. The molecule has 0 atom stereocenters. The molecule has 4 rings (SSSR count). The first-order valence-corrected chi connectivity index (χ1v) is 9.42. The number of aromatic amines is 1. The third-order valence-corrected chi connectivity index (χ3v) is 4.64. The zero-order valence-electron chi connectivity index (χ0n) is 16.6. The lowest BCUT2D eigenvalue weighted by atomic mass is 9.80. The van der Waals surface area contributed by atoms with Crippen LogP contribution in [-0.2, 0) is 17.9 Å². The summed E-state index contributed by atoms with van der Waals surface area (Å²) in [5.74, 6) is 1.47. The quantitative estimate of drug-likeness (QED) is 0.338. The molecule has 0 aliphatic carbocycles. The molecule has 30 heavy (non-hydrogen) atoms. The predicted octanol–water partition coefficient (Wildman–Crippen LogP) is 1.16. The van der Waals surface area contributed by atoms with Crippen molar-refractivity contribution >= 4 is 29.4 Å². The second kappa shape index (κ2) is 8.58. The molecular formula is C20H21BN6O3. The van der Waals surface area contributed by atoms with Gasteiger partial charge in [-0.3, -0.25) is 5.10 Å². The number of aromatic nitrogens is 5. The van der Waals surface area contributed by atoms with Crippen LogP contribution in [0.2, 0.25) is 0 Å². The number of rotatable bonds is 7. The molecular weight excluding hydrogens is 383 g/mol. The summed E-state index contributed by atoms with van der Waals surface area (Å²) in [6.45, 7) is 2.69. The van der Waals surface area contributed by atoms with Crippen molar-refractivity contribution < 1.29 is 14.8 Å². The lowest BCUT2D eigenvalue weighted by molar-refractivity contribution is 0.186. The molecule has 9 nitrogen and oxygen atoms in total. The van der Waals surface area contributed by atoms with Gasteiger partial charge in [0.05, 0.1) is 12.1 Å². The smallest absolute Gasteiger partial charge is 0.423 e. The molecule has 2 aromatic heterocycles. The molecule has 0 radical (unpaired) electrons. The van der Waals surface area contributed by atoms with Crippen LogP contribution in [0.5, 0.6) is 0 Å². The van der Waals surface area contributed by atoms with Crippen LogP contribution in [-0.4, -0.2) is 49.4 Å². The maximum atomic E-state index is 9.34. The predicted molar refractivity (Wildman–Crippen MR) is 114 cm³/mol. The highest BCUT2D eigenvalue weighted by atomic mass is 16.5. The van der Waals surface area contributed by atoms with Crippen LogP contribution in [0.15, 0.2) is 42.5 Å². The molecule has 0 saturated carbocycles. The summed E-state index contributed by atoms with van der Waals surface area (Å²) >= 11 is 0. The average molecular weight is 404 g/mol. The van der Waals surface area contributed by atoms with Crippen molar-refractivity contribution in [2.45, 2.75) is 20.1 Å². The standard InChI is InChI=1S/C20H21BN6O3/c1-12-23-19(18-16-8-4-6-14(11-30-2)17(16)26-27-18)25-20(24-12)22-10-13-5-3-7-15(9-13)21(28)29/h3-9,28-29H,10-11H2,1-2H3,(H,26,27)(H,22,23,24,25). The lowest BCUT2D eigenvalue weighted by Crippen LogP contribution is -2.30. The summed E-state index contributed by atoms with van der Waals surface area (Å²) < 4.78 is 5.25. The van der Waals surface area contributed by atoms with Gasteiger partial charge in [0.2, 0.25) is 5.95 Å². The van der Waals surface area contributed by atoms with Gasteiger partial charge >= 0.3 is 7.12 Å². The fourth-order valence-corrected chi connectivity index (χ4v) is 3.26. The minimum absolute atomic E-state index is 0.420. The number of anilines is 1. The summed E-state index contributed by atoms with van der Waals surface area (Å²) in [5, 5.41) is 30.2. The zero-order valence-corrected chi connectivity index (χ0v) is 16.6. The Labute approximate surface area is 173 Å². The number of ether oxygens (including phenoxy) is 1. The van der Waals surface area contributed by atoms with E-state index < -0.39 is 7.12 Å². The fraction of sp³-hybridized carbons (Fsp3) is 0.200. The normalized spacial score (nSPS) is 11.1. The Balaban J connectivity index is 1.62. The molecule has 152 valence electrons. The van der Waals surface area contributed by atoms with Gasteiger partial charge in [-0.1, -0.05) is 42.5 Å². The Hall–Kier alpha value is -3.34. The van der Waals surface area contributed by atoms with E-state index in [4.69, 9.17) is 4.74 Å². The summed E-state index contributed by atoms with van der Waals surface area (Å²) in [6.07, 6.45) is 0. The van der Waals surface area contributed by atoms with Gasteiger partial charge in [0, 0.05) is 24.6 Å². The second-order valence-electron chi connectivity index (χ2n) is 6.85. The van der Waals surface area contributed by atoms with E-state index in [1.54, 1.807) is 32.2 Å². The molecule has 4 N–H and O–H groups in total. The highest BCUT2D eigenvalue weighted by molar-refractivity contribution is 6.58. The van der Waals surface area contributed by atoms with Crippen molar-refractivity contribution in [3.8, 4) is 11.5 Å². The first-order chi connectivity index (χ1) is 14.5. The van der Waals surface area contributed by atoms with Gasteiger partial charge in [-0.2, -0.15) is 15.1 Å². The van der Waals surface area contributed by atoms with Crippen molar-refractivity contribution in [1.82, 2.24) is 25.1 Å². The number of methoxy groups -OCH3 is 1. The van der Waals surface area contributed by atoms with Gasteiger partial charge in [0.1, 0.15) is 11.5 Å². The molecule has 0 aliphatic rings. The number of fused-ring (bicyclic) bond motifs is 1. The summed E-state index contributed by atoms with van der Waals surface area (Å²) in [6, 6.07) is 12.9. The van der Waals surface area contributed by atoms with Gasteiger partial charge in [-0.25, -0.2) is 4.98 Å². The Morgan fingerprint density at radius 1 is 1.10 bits per heavy atom. The molecule has 0 saturated heterocycles. The molecule has 0 fully saturated rings. The fourth-order valence-electron chi connectivity index (χ4n) is 3.26. The van der Waals surface area contributed by atoms with Crippen LogP contribution < -0.4 is 10.8 Å². The summed E-state index contributed by atoms with van der Waals surface area (Å²) in [5.41, 5.74) is 3.81. The Morgan fingerprint density at radius 2 is 1.93 bits per heavy atom. The first kappa shape index (κ1) is 20.0. The molecule has 10 heteroatoms. The zero-order chi connectivity index (χ0) is 21.1.